The van der Waals surface area contributed by atoms with E-state index in [0.29, 0.717) is 23.7 Å². The molecule has 0 radical (unpaired) electrons. The molecule has 0 aliphatic heterocycles. The van der Waals surface area contributed by atoms with Gasteiger partial charge in [-0.05, 0) is 42.8 Å². The first kappa shape index (κ1) is 12.6. The van der Waals surface area contributed by atoms with Crippen molar-refractivity contribution in [1.82, 2.24) is 9.38 Å². The van der Waals surface area contributed by atoms with Gasteiger partial charge in [-0.25, -0.2) is 4.39 Å². The van der Waals surface area contributed by atoms with Crippen molar-refractivity contribution in [3.05, 3.63) is 59.7 Å². The minimum absolute atomic E-state index is 0.288. The number of ether oxygens (including phenoxy) is 1. The van der Waals surface area contributed by atoms with E-state index < -0.39 is 0 Å². The Balaban J connectivity index is 2.06. The second kappa shape index (κ2) is 4.94. The normalized spacial score (nSPS) is 10.9. The Labute approximate surface area is 115 Å². The topological polar surface area (TPSA) is 52.5 Å². The standard InChI is InChI=1S/C15H14FN3O/c1-10-8-11(16)5-6-13(10)20-15-12(9-17)19-7-3-2-4-14(19)18-15/h2-8H,9,17H2,1H3. The molecule has 0 aliphatic carbocycles. The number of hydrogen-bond donors (Lipinski definition) is 1. The first-order chi connectivity index (χ1) is 9.69. The van der Waals surface area contributed by atoms with Gasteiger partial charge in [-0.15, -0.1) is 0 Å². The second-order valence-corrected chi connectivity index (χ2v) is 4.51. The highest BCUT2D eigenvalue weighted by molar-refractivity contribution is 5.47. The number of imidazole rings is 1. The number of fused-ring (bicyclic) bond motifs is 1. The lowest BCUT2D eigenvalue weighted by Crippen LogP contribution is -2.02. The molecule has 2 N–H and O–H groups in total. The van der Waals surface area contributed by atoms with E-state index in [1.807, 2.05) is 28.8 Å². The van der Waals surface area contributed by atoms with Crippen molar-refractivity contribution >= 4 is 5.65 Å². The van der Waals surface area contributed by atoms with Crippen LogP contribution >= 0.6 is 0 Å². The van der Waals surface area contributed by atoms with Gasteiger partial charge in [0.25, 0.3) is 0 Å². The summed E-state index contributed by atoms with van der Waals surface area (Å²) < 4.78 is 20.8. The van der Waals surface area contributed by atoms with Gasteiger partial charge in [0, 0.05) is 12.7 Å². The molecule has 3 aromatic rings. The van der Waals surface area contributed by atoms with Crippen molar-refractivity contribution in [2.24, 2.45) is 5.73 Å². The van der Waals surface area contributed by atoms with Crippen LogP contribution in [-0.2, 0) is 6.54 Å². The second-order valence-electron chi connectivity index (χ2n) is 4.51. The summed E-state index contributed by atoms with van der Waals surface area (Å²) >= 11 is 0. The van der Waals surface area contributed by atoms with Gasteiger partial charge < -0.3 is 10.5 Å². The maximum Gasteiger partial charge on any atom is 0.242 e. The van der Waals surface area contributed by atoms with Gasteiger partial charge in [-0.3, -0.25) is 4.40 Å². The lowest BCUT2D eigenvalue weighted by Gasteiger charge is -2.07. The van der Waals surface area contributed by atoms with Crippen molar-refractivity contribution in [3.63, 3.8) is 0 Å². The smallest absolute Gasteiger partial charge is 0.242 e. The number of pyridine rings is 1. The molecular formula is C15H14FN3O. The average molecular weight is 271 g/mol. The van der Waals surface area contributed by atoms with E-state index >= 15 is 0 Å². The molecule has 0 spiro atoms. The largest absolute Gasteiger partial charge is 0.437 e. The molecule has 0 amide bonds. The van der Waals surface area contributed by atoms with Crippen molar-refractivity contribution < 1.29 is 9.13 Å². The van der Waals surface area contributed by atoms with E-state index in [1.165, 1.54) is 12.1 Å². The highest BCUT2D eigenvalue weighted by atomic mass is 19.1. The number of aryl methyl sites for hydroxylation is 1. The van der Waals surface area contributed by atoms with Crippen LogP contribution in [0.25, 0.3) is 5.65 Å². The summed E-state index contributed by atoms with van der Waals surface area (Å²) in [6.07, 6.45) is 1.88. The van der Waals surface area contributed by atoms with Gasteiger partial charge in [0.2, 0.25) is 5.88 Å². The molecule has 0 atom stereocenters. The Kier molecular flexibility index (Phi) is 3.12. The Morgan fingerprint density at radius 2 is 2.15 bits per heavy atom. The quantitative estimate of drug-likeness (QED) is 0.796. The van der Waals surface area contributed by atoms with E-state index in [1.54, 1.807) is 13.0 Å². The monoisotopic (exact) mass is 271 g/mol. The minimum Gasteiger partial charge on any atom is -0.437 e. The minimum atomic E-state index is -0.288. The van der Waals surface area contributed by atoms with Crippen molar-refractivity contribution in [2.75, 3.05) is 0 Å². The van der Waals surface area contributed by atoms with Crippen LogP contribution in [0.4, 0.5) is 4.39 Å². The molecule has 0 fully saturated rings. The number of nitrogens with two attached hydrogens (primary N) is 1. The van der Waals surface area contributed by atoms with Crippen LogP contribution in [0, 0.1) is 12.7 Å². The fraction of sp³-hybridized carbons (Fsp3) is 0.133. The predicted octanol–water partition coefficient (Wildman–Crippen LogP) is 3.03. The van der Waals surface area contributed by atoms with Gasteiger partial charge in [-0.1, -0.05) is 6.07 Å². The molecule has 2 aromatic heterocycles. The molecule has 0 aliphatic rings. The lowest BCUT2D eigenvalue weighted by molar-refractivity contribution is 0.454. The lowest BCUT2D eigenvalue weighted by atomic mass is 10.2. The highest BCUT2D eigenvalue weighted by Crippen LogP contribution is 2.28. The number of hydrogen-bond acceptors (Lipinski definition) is 3. The van der Waals surface area contributed by atoms with Gasteiger partial charge >= 0.3 is 0 Å². The van der Waals surface area contributed by atoms with Crippen LogP contribution in [0.2, 0.25) is 0 Å². The van der Waals surface area contributed by atoms with Crippen LogP contribution in [0.5, 0.6) is 11.6 Å². The molecule has 0 saturated carbocycles. The van der Waals surface area contributed by atoms with Gasteiger partial charge in [0.15, 0.2) is 0 Å². The predicted molar refractivity (Wildman–Crippen MR) is 74.3 cm³/mol. The number of halogens is 1. The average Bonchev–Trinajstić information content (AvgIpc) is 2.79. The molecule has 0 saturated heterocycles. The third-order valence-corrected chi connectivity index (χ3v) is 3.13. The van der Waals surface area contributed by atoms with Crippen molar-refractivity contribution in [2.45, 2.75) is 13.5 Å². The van der Waals surface area contributed by atoms with Gasteiger partial charge in [0.05, 0.1) is 0 Å². The maximum atomic E-state index is 13.1. The summed E-state index contributed by atoms with van der Waals surface area (Å²) in [6.45, 7) is 2.09. The molecular weight excluding hydrogens is 257 g/mol. The van der Waals surface area contributed by atoms with Crippen LogP contribution in [0.1, 0.15) is 11.3 Å². The molecule has 2 heterocycles. The zero-order valence-electron chi connectivity index (χ0n) is 11.0. The van der Waals surface area contributed by atoms with Crippen molar-refractivity contribution in [3.8, 4) is 11.6 Å². The van der Waals surface area contributed by atoms with Gasteiger partial charge in [0.1, 0.15) is 22.9 Å². The number of nitrogens with zero attached hydrogens (tertiary/aromatic N) is 2. The summed E-state index contributed by atoms with van der Waals surface area (Å²) in [7, 11) is 0. The molecule has 4 nitrogen and oxygen atoms in total. The fourth-order valence-corrected chi connectivity index (χ4v) is 2.12. The SMILES string of the molecule is Cc1cc(F)ccc1Oc1nc2ccccn2c1CN. The van der Waals surface area contributed by atoms with Gasteiger partial charge in [-0.2, -0.15) is 4.98 Å². The molecule has 1 aromatic carbocycles. The Hall–Kier alpha value is -2.40. The summed E-state index contributed by atoms with van der Waals surface area (Å²) in [5.41, 5.74) is 8.04. The summed E-state index contributed by atoms with van der Waals surface area (Å²) in [5.74, 6) is 0.738. The zero-order chi connectivity index (χ0) is 14.1. The molecule has 3 rings (SSSR count). The van der Waals surface area contributed by atoms with E-state index in [0.717, 1.165) is 11.3 Å². The first-order valence-electron chi connectivity index (χ1n) is 6.29. The molecule has 5 heteroatoms. The molecule has 0 unspecified atom stereocenters. The Bertz CT molecular complexity index is 767. The molecule has 102 valence electrons. The summed E-state index contributed by atoms with van der Waals surface area (Å²) in [4.78, 5) is 4.41. The Morgan fingerprint density at radius 1 is 1.30 bits per heavy atom. The van der Waals surface area contributed by atoms with Crippen LogP contribution in [0.15, 0.2) is 42.6 Å². The third-order valence-electron chi connectivity index (χ3n) is 3.13. The van der Waals surface area contributed by atoms with Crippen LogP contribution < -0.4 is 10.5 Å². The maximum absolute atomic E-state index is 13.1. The van der Waals surface area contributed by atoms with Crippen LogP contribution in [0.3, 0.4) is 0 Å². The van der Waals surface area contributed by atoms with Crippen LogP contribution in [-0.4, -0.2) is 9.38 Å². The van der Waals surface area contributed by atoms with Crippen molar-refractivity contribution in [1.29, 1.82) is 0 Å². The van der Waals surface area contributed by atoms with E-state index in [2.05, 4.69) is 4.98 Å². The first-order valence-corrected chi connectivity index (χ1v) is 6.29. The van der Waals surface area contributed by atoms with E-state index in [9.17, 15) is 4.39 Å². The third kappa shape index (κ3) is 2.12. The number of rotatable bonds is 3. The summed E-state index contributed by atoms with van der Waals surface area (Å²) in [6, 6.07) is 10.1. The molecule has 0 bridgehead atoms. The zero-order valence-corrected chi connectivity index (χ0v) is 11.0. The molecule has 20 heavy (non-hydrogen) atoms. The summed E-state index contributed by atoms with van der Waals surface area (Å²) in [5, 5.41) is 0. The number of benzene rings is 1. The Morgan fingerprint density at radius 3 is 2.90 bits per heavy atom. The highest BCUT2D eigenvalue weighted by Gasteiger charge is 2.13. The number of aromatic nitrogens is 2. The van der Waals surface area contributed by atoms with E-state index in [-0.39, 0.29) is 5.82 Å². The fourth-order valence-electron chi connectivity index (χ4n) is 2.12. The van der Waals surface area contributed by atoms with E-state index in [4.69, 9.17) is 10.5 Å².